The summed E-state index contributed by atoms with van der Waals surface area (Å²) in [5.41, 5.74) is 4.24. The maximum atomic E-state index is 13.1. The number of hydrogen-bond donors (Lipinski definition) is 1. The molecule has 6 nitrogen and oxygen atoms in total. The lowest BCUT2D eigenvalue weighted by Crippen LogP contribution is -2.53. The Balaban J connectivity index is 0.000000312. The van der Waals surface area contributed by atoms with E-state index in [2.05, 4.69) is 50.0 Å². The second-order valence-electron chi connectivity index (χ2n) is 10.2. The zero-order valence-electron chi connectivity index (χ0n) is 23.5. The van der Waals surface area contributed by atoms with Gasteiger partial charge in [0.25, 0.3) is 5.91 Å². The van der Waals surface area contributed by atoms with E-state index in [9.17, 15) is 14.4 Å². The molecule has 0 radical (unpaired) electrons. The summed E-state index contributed by atoms with van der Waals surface area (Å²) in [6.07, 6.45) is 8.91. The highest BCUT2D eigenvalue weighted by Gasteiger charge is 2.42. The predicted molar refractivity (Wildman–Crippen MR) is 151 cm³/mol. The monoisotopic (exact) mass is 507 g/mol. The molecule has 1 aromatic carbocycles. The van der Waals surface area contributed by atoms with E-state index in [0.29, 0.717) is 31.0 Å². The topological polar surface area (TPSA) is 69.7 Å². The van der Waals surface area contributed by atoms with Gasteiger partial charge in [-0.15, -0.1) is 0 Å². The lowest BCUT2D eigenvalue weighted by atomic mass is 9.98. The van der Waals surface area contributed by atoms with Crippen LogP contribution in [0, 0.1) is 5.92 Å². The molecule has 0 aliphatic carbocycles. The van der Waals surface area contributed by atoms with Crippen molar-refractivity contribution < 1.29 is 14.4 Å². The summed E-state index contributed by atoms with van der Waals surface area (Å²) >= 11 is 0. The van der Waals surface area contributed by atoms with Crippen molar-refractivity contribution in [2.24, 2.45) is 5.92 Å². The number of amides is 2. The number of nitrogens with one attached hydrogen (secondary N) is 1. The smallest absolute Gasteiger partial charge is 0.255 e. The molecule has 2 heterocycles. The van der Waals surface area contributed by atoms with Crippen LogP contribution in [-0.4, -0.2) is 60.1 Å². The van der Waals surface area contributed by atoms with Crippen molar-refractivity contribution in [2.75, 3.05) is 20.1 Å². The van der Waals surface area contributed by atoms with Gasteiger partial charge in [0.1, 0.15) is 12.3 Å². The third kappa shape index (κ3) is 7.51. The number of nitrogens with zero attached hydrogens (tertiary/aromatic N) is 2. The van der Waals surface area contributed by atoms with E-state index in [1.54, 1.807) is 15.9 Å². The number of carbonyl (C=O) groups is 3. The Labute approximate surface area is 223 Å². The molecule has 6 heteroatoms. The van der Waals surface area contributed by atoms with Gasteiger partial charge in [0.2, 0.25) is 5.91 Å². The summed E-state index contributed by atoms with van der Waals surface area (Å²) in [6.45, 7) is 15.9. The quantitative estimate of drug-likeness (QED) is 0.452. The van der Waals surface area contributed by atoms with Crippen LogP contribution in [0.5, 0.6) is 0 Å². The Morgan fingerprint density at radius 2 is 1.89 bits per heavy atom. The summed E-state index contributed by atoms with van der Waals surface area (Å²) in [4.78, 5) is 40.3. The normalized spacial score (nSPS) is 19.3. The molecular formula is C31H45N3O3. The van der Waals surface area contributed by atoms with E-state index < -0.39 is 6.04 Å². The molecular weight excluding hydrogens is 462 g/mol. The van der Waals surface area contributed by atoms with Crippen molar-refractivity contribution in [3.63, 3.8) is 0 Å². The van der Waals surface area contributed by atoms with E-state index in [4.69, 9.17) is 0 Å². The average Bonchev–Trinajstić information content (AvgIpc) is 3.49. The van der Waals surface area contributed by atoms with Gasteiger partial charge in [0, 0.05) is 25.2 Å². The van der Waals surface area contributed by atoms with Crippen LogP contribution in [0.25, 0.3) is 0 Å². The highest BCUT2D eigenvalue weighted by Crippen LogP contribution is 2.28. The van der Waals surface area contributed by atoms with Crippen LogP contribution in [0.2, 0.25) is 0 Å². The molecule has 0 bridgehead atoms. The van der Waals surface area contributed by atoms with Gasteiger partial charge in [-0.05, 0) is 61.8 Å². The summed E-state index contributed by atoms with van der Waals surface area (Å²) in [5, 5.41) is 3.15. The van der Waals surface area contributed by atoms with Crippen LogP contribution < -0.4 is 5.32 Å². The second kappa shape index (κ2) is 14.7. The minimum absolute atomic E-state index is 0.0367. The fourth-order valence-corrected chi connectivity index (χ4v) is 4.98. The molecule has 2 aliphatic heterocycles. The molecule has 3 atom stereocenters. The van der Waals surface area contributed by atoms with Crippen molar-refractivity contribution in [3.05, 3.63) is 71.3 Å². The number of hydrogen-bond acceptors (Lipinski definition) is 4. The van der Waals surface area contributed by atoms with Crippen LogP contribution in [0.1, 0.15) is 70.9 Å². The molecule has 202 valence electrons. The molecule has 3 unspecified atom stereocenters. The molecule has 1 N–H and O–H groups in total. The summed E-state index contributed by atoms with van der Waals surface area (Å²) in [6, 6.07) is 7.96. The van der Waals surface area contributed by atoms with Crippen molar-refractivity contribution in [1.82, 2.24) is 15.1 Å². The first-order valence-corrected chi connectivity index (χ1v) is 13.5. The Kier molecular flexibility index (Phi) is 12.0. The maximum absolute atomic E-state index is 13.1. The lowest BCUT2D eigenvalue weighted by Gasteiger charge is -2.34. The van der Waals surface area contributed by atoms with Crippen molar-refractivity contribution in [3.8, 4) is 0 Å². The van der Waals surface area contributed by atoms with Gasteiger partial charge in [0.15, 0.2) is 0 Å². The third-order valence-electron chi connectivity index (χ3n) is 7.25. The molecule has 0 saturated carbocycles. The first kappa shape index (κ1) is 30.2. The van der Waals surface area contributed by atoms with Crippen LogP contribution in [0.15, 0.2) is 60.2 Å². The number of allylic oxidation sites excluding steroid dienone is 1. The van der Waals surface area contributed by atoms with Gasteiger partial charge in [0.05, 0.1) is 6.04 Å². The van der Waals surface area contributed by atoms with Crippen LogP contribution in [0.4, 0.5) is 0 Å². The Morgan fingerprint density at radius 3 is 2.41 bits per heavy atom. The predicted octanol–water partition coefficient (Wildman–Crippen LogP) is 5.02. The van der Waals surface area contributed by atoms with E-state index >= 15 is 0 Å². The minimum atomic E-state index is -0.559. The standard InChI is InChI=1S/C19H26N2O3.C12H19N/c1-5-8-14-11-21(18(23)16(14)6-2)17(13(3)4)19(24)20-10-7-9-15(20)12-22;1-4-10(2)12-7-5-11(6-8-12)9-13-3/h5-6,8,12-13,15,17H,2,7,9-11H2,1,3-4H3;5-8,10,13H,4,9H2,1-3H3/b8-5-;. The summed E-state index contributed by atoms with van der Waals surface area (Å²) in [5.74, 6) is 0.360. The molecule has 2 amide bonds. The van der Waals surface area contributed by atoms with E-state index in [0.717, 1.165) is 24.8 Å². The molecule has 37 heavy (non-hydrogen) atoms. The van der Waals surface area contributed by atoms with Crippen LogP contribution in [-0.2, 0) is 20.9 Å². The maximum Gasteiger partial charge on any atom is 0.255 e. The zero-order chi connectivity index (χ0) is 27.5. The fourth-order valence-electron chi connectivity index (χ4n) is 4.98. The molecule has 0 spiro atoms. The number of benzene rings is 1. The largest absolute Gasteiger partial charge is 0.331 e. The Morgan fingerprint density at radius 1 is 1.22 bits per heavy atom. The fraction of sp³-hybridized carbons (Fsp3) is 0.516. The summed E-state index contributed by atoms with van der Waals surface area (Å²) < 4.78 is 0. The first-order chi connectivity index (χ1) is 17.7. The van der Waals surface area contributed by atoms with Gasteiger partial charge >= 0.3 is 0 Å². The SMILES string of the molecule is C=CC1=C(/C=C\C)CN(C(C(=O)N2CCCC2C=O)C(C)C)C1=O.CCC(C)c1ccc(CNC)cc1. The van der Waals surface area contributed by atoms with Gasteiger partial charge in [-0.25, -0.2) is 0 Å². The molecule has 1 aromatic rings. The van der Waals surface area contributed by atoms with Crippen LogP contribution >= 0.6 is 0 Å². The average molecular weight is 508 g/mol. The van der Waals surface area contributed by atoms with Crippen molar-refractivity contribution in [2.45, 2.75) is 78.4 Å². The molecule has 3 rings (SSSR count). The first-order valence-electron chi connectivity index (χ1n) is 13.5. The third-order valence-corrected chi connectivity index (χ3v) is 7.25. The lowest BCUT2D eigenvalue weighted by molar-refractivity contribution is -0.146. The van der Waals surface area contributed by atoms with E-state index in [-0.39, 0.29) is 23.8 Å². The van der Waals surface area contributed by atoms with E-state index in [1.165, 1.54) is 17.5 Å². The molecule has 1 fully saturated rings. The number of rotatable bonds is 10. The van der Waals surface area contributed by atoms with E-state index in [1.807, 2.05) is 40.0 Å². The van der Waals surface area contributed by atoms with Crippen molar-refractivity contribution in [1.29, 1.82) is 0 Å². The molecule has 1 saturated heterocycles. The number of likely N-dealkylation sites (tertiary alicyclic amines) is 1. The minimum Gasteiger partial charge on any atom is -0.331 e. The summed E-state index contributed by atoms with van der Waals surface area (Å²) in [7, 11) is 1.97. The second-order valence-corrected chi connectivity index (χ2v) is 10.2. The van der Waals surface area contributed by atoms with Crippen molar-refractivity contribution >= 4 is 18.1 Å². The van der Waals surface area contributed by atoms with Crippen LogP contribution in [0.3, 0.4) is 0 Å². The molecule has 0 aromatic heterocycles. The highest BCUT2D eigenvalue weighted by atomic mass is 16.2. The number of carbonyl (C=O) groups excluding carboxylic acids is 3. The van der Waals surface area contributed by atoms with Gasteiger partial charge in [-0.1, -0.05) is 76.8 Å². The Hall–Kier alpha value is -2.99. The zero-order valence-corrected chi connectivity index (χ0v) is 23.5. The number of aldehydes is 1. The van der Waals surface area contributed by atoms with Gasteiger partial charge in [-0.3, -0.25) is 9.59 Å². The molecule has 2 aliphatic rings. The Bertz CT molecular complexity index is 993. The van der Waals surface area contributed by atoms with Gasteiger partial charge < -0.3 is 19.9 Å². The van der Waals surface area contributed by atoms with Gasteiger partial charge in [-0.2, -0.15) is 0 Å². The highest BCUT2D eigenvalue weighted by molar-refractivity contribution is 6.03.